The number of β-lactam (4-membered cyclic amide) rings is 1. The van der Waals surface area contributed by atoms with E-state index in [9.17, 15) is 14.4 Å². The molecular formula is C41H43N5O6S2. The number of rotatable bonds is 11. The number of oxime groups is 1. The molecule has 13 heteroatoms. The number of ether oxygens (including phenoxy) is 2. The molecule has 2 N–H and O–H groups in total. The normalized spacial score (nSPS) is 20.4. The zero-order chi connectivity index (χ0) is 37.9. The topological polar surface area (TPSA) is 131 Å². The molecule has 3 aliphatic rings. The fourth-order valence-corrected chi connectivity index (χ4v) is 9.27. The van der Waals surface area contributed by atoms with Gasteiger partial charge in [0, 0.05) is 17.7 Å². The first-order valence-electron chi connectivity index (χ1n) is 18.0. The Morgan fingerprint density at radius 3 is 2.07 bits per heavy atom. The molecule has 0 radical (unpaired) electrons. The van der Waals surface area contributed by atoms with E-state index in [4.69, 9.17) is 19.3 Å². The Balaban J connectivity index is 1.15. The van der Waals surface area contributed by atoms with Crippen LogP contribution in [0.1, 0.15) is 62.4 Å². The molecule has 3 aromatic carbocycles. The van der Waals surface area contributed by atoms with Gasteiger partial charge in [-0.1, -0.05) is 96.2 Å². The van der Waals surface area contributed by atoms with E-state index in [0.29, 0.717) is 17.5 Å². The molecule has 7 rings (SSSR count). The lowest BCUT2D eigenvalue weighted by Gasteiger charge is -2.50. The van der Waals surface area contributed by atoms with Gasteiger partial charge in [-0.2, -0.15) is 0 Å². The van der Waals surface area contributed by atoms with Crippen LogP contribution in [0.15, 0.2) is 113 Å². The fourth-order valence-electron chi connectivity index (χ4n) is 7.11. The number of thioether (sulfide) groups is 1. The molecule has 0 spiro atoms. The number of thiazole rings is 1. The van der Waals surface area contributed by atoms with Gasteiger partial charge in [0.2, 0.25) is 0 Å². The Bertz CT molecular complexity index is 1950. The lowest BCUT2D eigenvalue weighted by molar-refractivity contribution is -0.159. The van der Waals surface area contributed by atoms with Crippen molar-refractivity contribution >= 4 is 51.7 Å². The number of hydrogen-bond donors (Lipinski definition) is 2. The van der Waals surface area contributed by atoms with Gasteiger partial charge in [-0.25, -0.2) is 9.78 Å². The van der Waals surface area contributed by atoms with Crippen LogP contribution in [0, 0.1) is 0 Å². The van der Waals surface area contributed by atoms with E-state index in [1.54, 1.807) is 26.2 Å². The van der Waals surface area contributed by atoms with Crippen molar-refractivity contribution in [3.05, 3.63) is 130 Å². The van der Waals surface area contributed by atoms with E-state index in [0.717, 1.165) is 41.5 Å². The number of carbonyl (C=O) groups excluding carboxylic acids is 3. The molecule has 2 saturated heterocycles. The summed E-state index contributed by atoms with van der Waals surface area (Å²) in [6.45, 7) is 5.97. The molecule has 4 aromatic rings. The van der Waals surface area contributed by atoms with E-state index in [-0.39, 0.29) is 23.2 Å². The number of esters is 1. The highest BCUT2D eigenvalue weighted by atomic mass is 32.2. The summed E-state index contributed by atoms with van der Waals surface area (Å²) in [6, 6.07) is 29.5. The Hall–Kier alpha value is -4.98. The van der Waals surface area contributed by atoms with Gasteiger partial charge in [0.1, 0.15) is 41.1 Å². The average molecular weight is 766 g/mol. The van der Waals surface area contributed by atoms with Crippen molar-refractivity contribution in [2.75, 3.05) is 24.8 Å². The number of hydrogen-bond acceptors (Lipinski definition) is 11. The Kier molecular flexibility index (Phi) is 10.9. The summed E-state index contributed by atoms with van der Waals surface area (Å²) in [5, 5.41) is 12.4. The largest absolute Gasteiger partial charge is 0.455 e. The lowest BCUT2D eigenvalue weighted by atomic mass is 9.77. The van der Waals surface area contributed by atoms with Crippen molar-refractivity contribution < 1.29 is 28.7 Å². The lowest BCUT2D eigenvalue weighted by Crippen LogP contribution is -2.71. The summed E-state index contributed by atoms with van der Waals surface area (Å²) >= 11 is 2.81. The van der Waals surface area contributed by atoms with Crippen molar-refractivity contribution in [3.63, 3.8) is 0 Å². The van der Waals surface area contributed by atoms with Crippen LogP contribution in [-0.2, 0) is 34.2 Å². The van der Waals surface area contributed by atoms with E-state index in [1.165, 1.54) is 35.1 Å². The Morgan fingerprint density at radius 2 is 1.54 bits per heavy atom. The zero-order valence-corrected chi connectivity index (χ0v) is 32.2. The van der Waals surface area contributed by atoms with E-state index in [1.807, 2.05) is 54.6 Å². The number of aromatic nitrogens is 1. The zero-order valence-electron chi connectivity index (χ0n) is 30.6. The molecule has 1 unspecified atom stereocenters. The third kappa shape index (κ3) is 7.40. The number of fused-ring (bicyclic) bond motifs is 1. The van der Waals surface area contributed by atoms with Gasteiger partial charge in [-0.3, -0.25) is 14.5 Å². The van der Waals surface area contributed by atoms with Crippen LogP contribution in [0.3, 0.4) is 0 Å². The molecule has 2 amide bonds. The highest BCUT2D eigenvalue weighted by Crippen LogP contribution is 2.44. The molecule has 0 aliphatic carbocycles. The highest BCUT2D eigenvalue weighted by Gasteiger charge is 2.56. The molecule has 0 saturated carbocycles. The molecule has 3 aliphatic heterocycles. The second-order valence-corrected chi connectivity index (χ2v) is 16.2. The minimum atomic E-state index is -0.908. The standard InChI is InChI=1S/C41H43N5O6S2/c1-40(2,3)52-38(49)34-29(31-22-14-15-23-51-31)24-53-37-33(36(48)46(34)37)43-35(47)32(45-50-4)30-25-54-39(42-30)44-41(26-16-8-5-9-17-26,27-18-10-6-11-19-27)28-20-12-7-13-21-28/h5-13,16-21,25,31,33,37H,14-15,22-24H2,1-4H3,(H,42,44)(H,43,47)/b45-32+/t31?,33-,37-/m1/s1. The predicted molar refractivity (Wildman–Crippen MR) is 210 cm³/mol. The molecule has 1 aromatic heterocycles. The molecule has 54 heavy (non-hydrogen) atoms. The second kappa shape index (κ2) is 15.8. The second-order valence-electron chi connectivity index (χ2n) is 14.2. The first kappa shape index (κ1) is 37.3. The van der Waals surface area contributed by atoms with E-state index in [2.05, 4.69) is 52.2 Å². The summed E-state index contributed by atoms with van der Waals surface area (Å²) in [7, 11) is 1.35. The summed E-state index contributed by atoms with van der Waals surface area (Å²) in [5.41, 5.74) is 2.56. The maximum absolute atomic E-state index is 13.9. The van der Waals surface area contributed by atoms with Crippen LogP contribution in [0.2, 0.25) is 0 Å². The quantitative estimate of drug-likeness (QED) is 0.0581. The maximum Gasteiger partial charge on any atom is 0.355 e. The van der Waals surface area contributed by atoms with Crippen LogP contribution < -0.4 is 10.6 Å². The molecule has 3 atom stereocenters. The number of amides is 2. The third-order valence-electron chi connectivity index (χ3n) is 9.50. The highest BCUT2D eigenvalue weighted by molar-refractivity contribution is 8.00. The van der Waals surface area contributed by atoms with Gasteiger partial charge in [-0.15, -0.1) is 23.1 Å². The number of carbonyl (C=O) groups is 3. The third-order valence-corrected chi connectivity index (χ3v) is 11.6. The molecule has 4 heterocycles. The van der Waals surface area contributed by atoms with E-state index >= 15 is 0 Å². The number of nitrogens with one attached hydrogen (secondary N) is 2. The first-order chi connectivity index (χ1) is 26.1. The smallest absolute Gasteiger partial charge is 0.355 e. The van der Waals surface area contributed by atoms with Gasteiger partial charge >= 0.3 is 5.97 Å². The van der Waals surface area contributed by atoms with Crippen molar-refractivity contribution in [2.45, 2.75) is 68.7 Å². The van der Waals surface area contributed by atoms with Crippen LogP contribution in [0.4, 0.5) is 5.13 Å². The minimum absolute atomic E-state index is 0.0854. The van der Waals surface area contributed by atoms with Crippen LogP contribution in [0.25, 0.3) is 0 Å². The predicted octanol–water partition coefficient (Wildman–Crippen LogP) is 6.46. The molecule has 0 bridgehead atoms. The van der Waals surface area contributed by atoms with Crippen molar-refractivity contribution in [3.8, 4) is 0 Å². The number of nitrogens with zero attached hydrogens (tertiary/aromatic N) is 3. The van der Waals surface area contributed by atoms with Gasteiger partial charge in [0.25, 0.3) is 11.8 Å². The molecule has 280 valence electrons. The first-order valence-corrected chi connectivity index (χ1v) is 19.9. The van der Waals surface area contributed by atoms with Gasteiger partial charge in [-0.05, 0) is 62.3 Å². The van der Waals surface area contributed by atoms with E-state index < -0.39 is 40.3 Å². The minimum Gasteiger partial charge on any atom is -0.455 e. The maximum atomic E-state index is 13.9. The summed E-state index contributed by atoms with van der Waals surface area (Å²) in [6.07, 6.45) is 2.42. The fraction of sp³-hybridized carbons (Fsp3) is 0.341. The van der Waals surface area contributed by atoms with Crippen molar-refractivity contribution in [2.24, 2.45) is 5.16 Å². The molecular weight excluding hydrogens is 723 g/mol. The van der Waals surface area contributed by atoms with Crippen LogP contribution >= 0.6 is 23.1 Å². The average Bonchev–Trinajstić information content (AvgIpc) is 3.66. The Morgan fingerprint density at radius 1 is 0.926 bits per heavy atom. The molecule has 11 nitrogen and oxygen atoms in total. The summed E-state index contributed by atoms with van der Waals surface area (Å²) in [5.74, 6) is -1.15. The van der Waals surface area contributed by atoms with Gasteiger partial charge in [0.05, 0.1) is 6.10 Å². The van der Waals surface area contributed by atoms with Crippen molar-refractivity contribution in [1.82, 2.24) is 15.2 Å². The van der Waals surface area contributed by atoms with Gasteiger partial charge in [0.15, 0.2) is 10.8 Å². The van der Waals surface area contributed by atoms with Crippen LogP contribution in [0.5, 0.6) is 0 Å². The van der Waals surface area contributed by atoms with Gasteiger partial charge < -0.3 is 24.9 Å². The number of anilines is 1. The monoisotopic (exact) mass is 765 g/mol. The SMILES string of the molecule is CO/N=C(/C(=O)N[C@@H]1C(=O)N2C(C(=O)OC(C)(C)C)=C(C3CCCCO3)CS[C@H]12)c1csc(NC(c2ccccc2)(c2ccccc2)c2ccccc2)n1. The summed E-state index contributed by atoms with van der Waals surface area (Å²) < 4.78 is 11.8. The van der Waals surface area contributed by atoms with Crippen LogP contribution in [-0.4, -0.2) is 76.0 Å². The molecule has 2 fully saturated rings. The number of benzene rings is 3. The van der Waals surface area contributed by atoms with Crippen molar-refractivity contribution in [1.29, 1.82) is 0 Å². The Labute approximate surface area is 323 Å². The summed E-state index contributed by atoms with van der Waals surface area (Å²) in [4.78, 5) is 52.8.